The van der Waals surface area contributed by atoms with E-state index in [1.54, 1.807) is 18.2 Å². The number of amides is 2. The second-order valence-electron chi connectivity index (χ2n) is 6.37. The Bertz CT molecular complexity index is 880. The van der Waals surface area contributed by atoms with Crippen LogP contribution in [0.25, 0.3) is 0 Å². The molecule has 4 rings (SSSR count). The standard InChI is InChI=1S/C17H19N5O4S/c18-14(23)5-6-15-20-21-17(22(15)11-2-3-11)27-8-16(24)19-10-1-4-12-13(7-10)26-9-25-12/h1,4,7,11H,2-3,5-6,8-9H2,(H2,18,23)(H,19,24). The van der Waals surface area contributed by atoms with Crippen LogP contribution in [0.2, 0.25) is 0 Å². The number of nitrogens with zero attached hydrogens (tertiary/aromatic N) is 3. The van der Waals surface area contributed by atoms with E-state index in [2.05, 4.69) is 15.5 Å². The van der Waals surface area contributed by atoms with E-state index in [0.717, 1.165) is 18.7 Å². The zero-order chi connectivity index (χ0) is 18.8. The van der Waals surface area contributed by atoms with Gasteiger partial charge in [0.05, 0.1) is 5.75 Å². The van der Waals surface area contributed by atoms with Gasteiger partial charge in [-0.2, -0.15) is 0 Å². The van der Waals surface area contributed by atoms with E-state index in [1.807, 2.05) is 4.57 Å². The van der Waals surface area contributed by atoms with Crippen LogP contribution in [0, 0.1) is 0 Å². The summed E-state index contributed by atoms with van der Waals surface area (Å²) in [6, 6.07) is 5.62. The quantitative estimate of drug-likeness (QED) is 0.656. The van der Waals surface area contributed by atoms with Crippen molar-refractivity contribution in [1.29, 1.82) is 0 Å². The molecule has 142 valence electrons. The number of hydrogen-bond acceptors (Lipinski definition) is 7. The van der Waals surface area contributed by atoms with Crippen LogP contribution in [0.4, 0.5) is 5.69 Å². The zero-order valence-corrected chi connectivity index (χ0v) is 15.3. The largest absolute Gasteiger partial charge is 0.454 e. The third-order valence-electron chi connectivity index (χ3n) is 4.23. The summed E-state index contributed by atoms with van der Waals surface area (Å²) in [6.07, 6.45) is 2.81. The Morgan fingerprint density at radius 3 is 2.85 bits per heavy atom. The number of nitrogens with one attached hydrogen (secondary N) is 1. The third kappa shape index (κ3) is 4.16. The molecule has 3 N–H and O–H groups in total. The monoisotopic (exact) mass is 389 g/mol. The molecule has 27 heavy (non-hydrogen) atoms. The number of thioether (sulfide) groups is 1. The number of aromatic nitrogens is 3. The summed E-state index contributed by atoms with van der Waals surface area (Å²) < 4.78 is 12.6. The van der Waals surface area contributed by atoms with Crippen molar-refractivity contribution in [3.63, 3.8) is 0 Å². The minimum atomic E-state index is -0.363. The molecule has 1 aromatic heterocycles. The van der Waals surface area contributed by atoms with Crippen LogP contribution in [0.15, 0.2) is 23.4 Å². The Balaban J connectivity index is 1.37. The number of anilines is 1. The van der Waals surface area contributed by atoms with Gasteiger partial charge in [0.1, 0.15) is 5.82 Å². The number of carbonyl (C=O) groups excluding carboxylic acids is 2. The van der Waals surface area contributed by atoms with E-state index in [0.29, 0.717) is 34.8 Å². The summed E-state index contributed by atoms with van der Waals surface area (Å²) >= 11 is 1.33. The van der Waals surface area contributed by atoms with E-state index in [1.165, 1.54) is 11.8 Å². The van der Waals surface area contributed by atoms with Gasteiger partial charge in [-0.1, -0.05) is 11.8 Å². The second-order valence-corrected chi connectivity index (χ2v) is 7.31. The van der Waals surface area contributed by atoms with E-state index in [4.69, 9.17) is 15.2 Å². The molecule has 10 heteroatoms. The lowest BCUT2D eigenvalue weighted by Crippen LogP contribution is -2.15. The third-order valence-corrected chi connectivity index (χ3v) is 5.17. The number of primary amides is 1. The topological polar surface area (TPSA) is 121 Å². The average molecular weight is 389 g/mol. The maximum atomic E-state index is 12.3. The van der Waals surface area contributed by atoms with Gasteiger partial charge in [-0.25, -0.2) is 0 Å². The average Bonchev–Trinajstić information content (AvgIpc) is 3.22. The number of ether oxygens (including phenoxy) is 2. The number of carbonyl (C=O) groups is 2. The number of nitrogens with two attached hydrogens (primary N) is 1. The first-order valence-corrected chi connectivity index (χ1v) is 9.63. The van der Waals surface area contributed by atoms with Crippen LogP contribution in [0.5, 0.6) is 11.5 Å². The van der Waals surface area contributed by atoms with Crippen molar-refractivity contribution >= 4 is 29.3 Å². The number of rotatable bonds is 8. The van der Waals surface area contributed by atoms with Gasteiger partial charge in [0.2, 0.25) is 18.6 Å². The molecule has 2 aromatic rings. The van der Waals surface area contributed by atoms with Crippen LogP contribution < -0.4 is 20.5 Å². The lowest BCUT2D eigenvalue weighted by atomic mass is 10.3. The second kappa shape index (κ2) is 7.47. The molecule has 0 bridgehead atoms. The highest BCUT2D eigenvalue weighted by Crippen LogP contribution is 2.39. The fourth-order valence-corrected chi connectivity index (χ4v) is 3.64. The highest BCUT2D eigenvalue weighted by molar-refractivity contribution is 7.99. The van der Waals surface area contributed by atoms with Crippen molar-refractivity contribution in [3.8, 4) is 11.5 Å². The summed E-state index contributed by atoms with van der Waals surface area (Å²) in [4.78, 5) is 23.3. The fraction of sp³-hybridized carbons (Fsp3) is 0.412. The molecule has 1 saturated carbocycles. The first kappa shape index (κ1) is 17.7. The van der Waals surface area contributed by atoms with Gasteiger partial charge in [0.15, 0.2) is 16.7 Å². The number of hydrogen-bond donors (Lipinski definition) is 2. The van der Waals surface area contributed by atoms with Crippen LogP contribution in [-0.4, -0.2) is 39.1 Å². The maximum absolute atomic E-state index is 12.3. The minimum absolute atomic E-state index is 0.150. The van der Waals surface area contributed by atoms with Crippen molar-refractivity contribution in [2.24, 2.45) is 5.73 Å². The predicted molar refractivity (Wildman–Crippen MR) is 97.7 cm³/mol. The van der Waals surface area contributed by atoms with E-state index in [9.17, 15) is 9.59 Å². The van der Waals surface area contributed by atoms with E-state index in [-0.39, 0.29) is 30.8 Å². The Kier molecular flexibility index (Phi) is 4.88. The Labute approximate surface area is 159 Å². The van der Waals surface area contributed by atoms with Gasteiger partial charge < -0.3 is 25.1 Å². The number of aryl methyl sites for hydroxylation is 1. The van der Waals surface area contributed by atoms with Crippen LogP contribution in [-0.2, 0) is 16.0 Å². The van der Waals surface area contributed by atoms with Gasteiger partial charge in [-0.05, 0) is 25.0 Å². The molecule has 1 fully saturated rings. The molecule has 2 heterocycles. The zero-order valence-electron chi connectivity index (χ0n) is 14.5. The molecular weight excluding hydrogens is 370 g/mol. The van der Waals surface area contributed by atoms with Crippen molar-refractivity contribution in [2.75, 3.05) is 17.9 Å². The lowest BCUT2D eigenvalue weighted by molar-refractivity contribution is -0.118. The maximum Gasteiger partial charge on any atom is 0.234 e. The molecule has 2 amide bonds. The first-order chi connectivity index (χ1) is 13.1. The summed E-state index contributed by atoms with van der Waals surface area (Å²) in [5, 5.41) is 11.9. The van der Waals surface area contributed by atoms with Gasteiger partial charge >= 0.3 is 0 Å². The summed E-state index contributed by atoms with van der Waals surface area (Å²) in [6.45, 7) is 0.192. The SMILES string of the molecule is NC(=O)CCc1nnc(SCC(=O)Nc2ccc3c(c2)OCO3)n1C1CC1. The first-order valence-electron chi connectivity index (χ1n) is 8.64. The smallest absolute Gasteiger partial charge is 0.234 e. The summed E-state index contributed by atoms with van der Waals surface area (Å²) in [7, 11) is 0. The molecule has 0 spiro atoms. The lowest BCUT2D eigenvalue weighted by Gasteiger charge is -2.09. The van der Waals surface area contributed by atoms with Gasteiger partial charge in [-0.3, -0.25) is 9.59 Å². The summed E-state index contributed by atoms with van der Waals surface area (Å²) in [5.74, 6) is 1.72. The van der Waals surface area contributed by atoms with Crippen molar-refractivity contribution in [3.05, 3.63) is 24.0 Å². The van der Waals surface area contributed by atoms with Gasteiger partial charge in [-0.15, -0.1) is 10.2 Å². The summed E-state index contributed by atoms with van der Waals surface area (Å²) in [5.41, 5.74) is 5.87. The van der Waals surface area contributed by atoms with Crippen LogP contribution in [0.1, 0.15) is 31.1 Å². The number of benzene rings is 1. The predicted octanol–water partition coefficient (Wildman–Crippen LogP) is 1.49. The number of fused-ring (bicyclic) bond motifs is 1. The molecule has 9 nitrogen and oxygen atoms in total. The molecule has 0 atom stereocenters. The molecule has 0 unspecified atom stereocenters. The van der Waals surface area contributed by atoms with Crippen molar-refractivity contribution in [1.82, 2.24) is 14.8 Å². The van der Waals surface area contributed by atoms with E-state index >= 15 is 0 Å². The van der Waals surface area contributed by atoms with E-state index < -0.39 is 0 Å². The Hall–Kier alpha value is -2.75. The highest BCUT2D eigenvalue weighted by Gasteiger charge is 2.29. The molecule has 0 radical (unpaired) electrons. The van der Waals surface area contributed by atoms with Crippen molar-refractivity contribution in [2.45, 2.75) is 36.9 Å². The minimum Gasteiger partial charge on any atom is -0.454 e. The molecular formula is C17H19N5O4S. The van der Waals surface area contributed by atoms with Crippen molar-refractivity contribution < 1.29 is 19.1 Å². The molecule has 1 aliphatic carbocycles. The molecule has 2 aliphatic rings. The Morgan fingerprint density at radius 2 is 2.07 bits per heavy atom. The molecule has 0 saturated heterocycles. The van der Waals surface area contributed by atoms with Gasteiger partial charge in [0, 0.05) is 30.6 Å². The molecule has 1 aromatic carbocycles. The van der Waals surface area contributed by atoms with Crippen LogP contribution >= 0.6 is 11.8 Å². The molecule has 1 aliphatic heterocycles. The van der Waals surface area contributed by atoms with Gasteiger partial charge in [0.25, 0.3) is 0 Å². The highest BCUT2D eigenvalue weighted by atomic mass is 32.2. The Morgan fingerprint density at radius 1 is 1.26 bits per heavy atom. The normalized spacial score (nSPS) is 15.0. The van der Waals surface area contributed by atoms with Crippen LogP contribution in [0.3, 0.4) is 0 Å². The fourth-order valence-electron chi connectivity index (χ4n) is 2.81.